The molecular weight excluding hydrogens is 252 g/mol. The third-order valence-corrected chi connectivity index (χ3v) is 3.80. The lowest BCUT2D eigenvalue weighted by molar-refractivity contribution is -0.146. The lowest BCUT2D eigenvalue weighted by Gasteiger charge is -2.34. The average molecular weight is 274 g/mol. The predicted molar refractivity (Wildman–Crippen MR) is 78.2 cm³/mol. The molecule has 1 atom stereocenters. The van der Waals surface area contributed by atoms with Crippen LogP contribution >= 0.6 is 0 Å². The molecule has 1 N–H and O–H groups in total. The minimum atomic E-state index is -0.346. The average Bonchev–Trinajstić information content (AvgIpc) is 2.44. The number of amides is 2. The zero-order valence-corrected chi connectivity index (χ0v) is 12.3. The Labute approximate surface area is 120 Å². The molecule has 20 heavy (non-hydrogen) atoms. The number of piperazine rings is 1. The van der Waals surface area contributed by atoms with Crippen molar-refractivity contribution in [1.82, 2.24) is 10.2 Å². The van der Waals surface area contributed by atoms with E-state index in [1.807, 2.05) is 19.1 Å². The number of carbonyl (C=O) groups excluding carboxylic acids is 2. The van der Waals surface area contributed by atoms with Gasteiger partial charge in [0.15, 0.2) is 0 Å². The van der Waals surface area contributed by atoms with Crippen LogP contribution in [0.5, 0.6) is 0 Å². The number of rotatable bonds is 4. The van der Waals surface area contributed by atoms with Crippen LogP contribution in [0.3, 0.4) is 0 Å². The molecule has 1 aromatic rings. The van der Waals surface area contributed by atoms with Gasteiger partial charge in [-0.15, -0.1) is 0 Å². The van der Waals surface area contributed by atoms with Gasteiger partial charge in [0.05, 0.1) is 6.54 Å². The molecular formula is C16H22N2O2. The van der Waals surface area contributed by atoms with Crippen LogP contribution in [-0.2, 0) is 16.1 Å². The maximum Gasteiger partial charge on any atom is 0.243 e. The number of hydrogen-bond acceptors (Lipinski definition) is 2. The molecule has 1 aliphatic rings. The molecule has 1 fully saturated rings. The molecule has 1 aromatic carbocycles. The standard InChI is InChI=1S/C16H22N2O2/c1-4-14-16(20)17-9-15(19)18(14)10-12-5-7-13(8-6-12)11(2)3/h5-8,11,14H,4,9-10H2,1-3H3,(H,17,20). The van der Waals surface area contributed by atoms with Crippen LogP contribution in [0.4, 0.5) is 0 Å². The van der Waals surface area contributed by atoms with Crippen LogP contribution in [0.2, 0.25) is 0 Å². The van der Waals surface area contributed by atoms with Crippen molar-refractivity contribution in [3.05, 3.63) is 35.4 Å². The fraction of sp³-hybridized carbons (Fsp3) is 0.500. The van der Waals surface area contributed by atoms with Crippen LogP contribution in [-0.4, -0.2) is 29.3 Å². The van der Waals surface area contributed by atoms with Gasteiger partial charge in [-0.2, -0.15) is 0 Å². The molecule has 4 heteroatoms. The van der Waals surface area contributed by atoms with Crippen molar-refractivity contribution in [2.75, 3.05) is 6.54 Å². The molecule has 0 aliphatic carbocycles. The first-order valence-electron chi connectivity index (χ1n) is 7.19. The summed E-state index contributed by atoms with van der Waals surface area (Å²) in [4.78, 5) is 25.5. The largest absolute Gasteiger partial charge is 0.345 e. The molecule has 0 aromatic heterocycles. The zero-order valence-electron chi connectivity index (χ0n) is 12.3. The Hall–Kier alpha value is -1.84. The molecule has 1 saturated heterocycles. The number of nitrogens with zero attached hydrogens (tertiary/aromatic N) is 1. The van der Waals surface area contributed by atoms with Crippen molar-refractivity contribution in [1.29, 1.82) is 0 Å². The van der Waals surface area contributed by atoms with Gasteiger partial charge in [-0.05, 0) is 23.5 Å². The van der Waals surface area contributed by atoms with Crippen LogP contribution in [0.15, 0.2) is 24.3 Å². The van der Waals surface area contributed by atoms with Gasteiger partial charge >= 0.3 is 0 Å². The molecule has 0 saturated carbocycles. The second kappa shape index (κ2) is 6.07. The van der Waals surface area contributed by atoms with E-state index in [1.165, 1.54) is 5.56 Å². The normalized spacial score (nSPS) is 19.4. The molecule has 0 spiro atoms. The maximum atomic E-state index is 12.0. The molecule has 108 valence electrons. The van der Waals surface area contributed by atoms with Crippen molar-refractivity contribution in [3.8, 4) is 0 Å². The molecule has 2 rings (SSSR count). The van der Waals surface area contributed by atoms with Crippen LogP contribution < -0.4 is 5.32 Å². The lowest BCUT2D eigenvalue weighted by atomic mass is 10.0. The van der Waals surface area contributed by atoms with Crippen molar-refractivity contribution in [3.63, 3.8) is 0 Å². The quantitative estimate of drug-likeness (QED) is 0.913. The fourth-order valence-corrected chi connectivity index (χ4v) is 2.51. The number of hydrogen-bond donors (Lipinski definition) is 1. The van der Waals surface area contributed by atoms with E-state index >= 15 is 0 Å². The van der Waals surface area contributed by atoms with Crippen LogP contribution in [0.25, 0.3) is 0 Å². The van der Waals surface area contributed by atoms with Gasteiger partial charge in [-0.25, -0.2) is 0 Å². The number of benzene rings is 1. The van der Waals surface area contributed by atoms with Gasteiger partial charge in [0.25, 0.3) is 0 Å². The highest BCUT2D eigenvalue weighted by atomic mass is 16.2. The van der Waals surface area contributed by atoms with Crippen molar-refractivity contribution in [2.24, 2.45) is 0 Å². The molecule has 4 nitrogen and oxygen atoms in total. The Morgan fingerprint density at radius 2 is 1.90 bits per heavy atom. The molecule has 1 unspecified atom stereocenters. The Kier molecular flexibility index (Phi) is 4.42. The summed E-state index contributed by atoms with van der Waals surface area (Å²) in [5.41, 5.74) is 2.35. The highest BCUT2D eigenvalue weighted by Gasteiger charge is 2.32. The minimum absolute atomic E-state index is 0.00983. The van der Waals surface area contributed by atoms with Gasteiger partial charge < -0.3 is 10.2 Å². The monoisotopic (exact) mass is 274 g/mol. The second-order valence-corrected chi connectivity index (χ2v) is 5.56. The summed E-state index contributed by atoms with van der Waals surface area (Å²) < 4.78 is 0. The molecule has 1 heterocycles. The van der Waals surface area contributed by atoms with E-state index in [0.717, 1.165) is 5.56 Å². The first-order chi connectivity index (χ1) is 9.52. The van der Waals surface area contributed by atoms with Gasteiger partial charge in [0.2, 0.25) is 11.8 Å². The first kappa shape index (κ1) is 14.6. The van der Waals surface area contributed by atoms with E-state index in [9.17, 15) is 9.59 Å². The minimum Gasteiger partial charge on any atom is -0.345 e. The summed E-state index contributed by atoms with van der Waals surface area (Å²) in [5.74, 6) is 0.435. The summed E-state index contributed by atoms with van der Waals surface area (Å²) in [6.07, 6.45) is 0.641. The van der Waals surface area contributed by atoms with Crippen LogP contribution in [0.1, 0.15) is 44.2 Å². The Morgan fingerprint density at radius 3 is 2.45 bits per heavy atom. The maximum absolute atomic E-state index is 12.0. The summed E-state index contributed by atoms with van der Waals surface area (Å²) in [5, 5.41) is 2.64. The number of nitrogens with one attached hydrogen (secondary N) is 1. The summed E-state index contributed by atoms with van der Waals surface area (Å²) in [6.45, 7) is 6.85. The smallest absolute Gasteiger partial charge is 0.243 e. The molecule has 0 radical (unpaired) electrons. The second-order valence-electron chi connectivity index (χ2n) is 5.56. The Bertz CT molecular complexity index is 494. The Balaban J connectivity index is 2.14. The third kappa shape index (κ3) is 3.00. The van der Waals surface area contributed by atoms with Gasteiger partial charge in [-0.1, -0.05) is 45.0 Å². The first-order valence-corrected chi connectivity index (χ1v) is 7.19. The van der Waals surface area contributed by atoms with E-state index < -0.39 is 0 Å². The molecule has 2 amide bonds. The van der Waals surface area contributed by atoms with Gasteiger partial charge in [-0.3, -0.25) is 9.59 Å². The van der Waals surface area contributed by atoms with Gasteiger partial charge in [0.1, 0.15) is 6.04 Å². The van der Waals surface area contributed by atoms with E-state index in [0.29, 0.717) is 18.9 Å². The summed E-state index contributed by atoms with van der Waals surface area (Å²) >= 11 is 0. The summed E-state index contributed by atoms with van der Waals surface area (Å²) in [7, 11) is 0. The highest BCUT2D eigenvalue weighted by molar-refractivity contribution is 5.94. The van der Waals surface area contributed by atoms with E-state index in [-0.39, 0.29) is 24.4 Å². The molecule has 1 aliphatic heterocycles. The van der Waals surface area contributed by atoms with E-state index in [1.54, 1.807) is 4.90 Å². The lowest BCUT2D eigenvalue weighted by Crippen LogP contribution is -2.57. The Morgan fingerprint density at radius 1 is 1.25 bits per heavy atom. The topological polar surface area (TPSA) is 49.4 Å². The van der Waals surface area contributed by atoms with Crippen molar-refractivity contribution in [2.45, 2.75) is 45.7 Å². The van der Waals surface area contributed by atoms with Gasteiger partial charge in [0, 0.05) is 6.54 Å². The van der Waals surface area contributed by atoms with Crippen LogP contribution in [0, 0.1) is 0 Å². The highest BCUT2D eigenvalue weighted by Crippen LogP contribution is 2.18. The van der Waals surface area contributed by atoms with E-state index in [2.05, 4.69) is 31.3 Å². The fourth-order valence-electron chi connectivity index (χ4n) is 2.51. The van der Waals surface area contributed by atoms with Crippen molar-refractivity contribution < 1.29 is 9.59 Å². The number of carbonyl (C=O) groups is 2. The van der Waals surface area contributed by atoms with Crippen molar-refractivity contribution >= 4 is 11.8 Å². The van der Waals surface area contributed by atoms with E-state index in [4.69, 9.17) is 0 Å². The predicted octanol–water partition coefficient (Wildman–Crippen LogP) is 2.05. The zero-order chi connectivity index (χ0) is 14.7. The molecule has 0 bridgehead atoms. The SMILES string of the molecule is CCC1C(=O)NCC(=O)N1Cc1ccc(C(C)C)cc1. The summed E-state index contributed by atoms with van der Waals surface area (Å²) in [6, 6.07) is 7.93. The third-order valence-electron chi connectivity index (χ3n) is 3.80.